The van der Waals surface area contributed by atoms with Crippen LogP contribution in [0.4, 0.5) is 5.69 Å². The Kier molecular flexibility index (Phi) is 5.02. The third-order valence-corrected chi connectivity index (χ3v) is 3.16. The van der Waals surface area contributed by atoms with Gasteiger partial charge >= 0.3 is 0 Å². The summed E-state index contributed by atoms with van der Waals surface area (Å²) in [7, 11) is 0. The number of hydrogen-bond acceptors (Lipinski definition) is 3. The molecule has 0 spiro atoms. The van der Waals surface area contributed by atoms with Crippen molar-refractivity contribution in [2.24, 2.45) is 5.92 Å². The van der Waals surface area contributed by atoms with Gasteiger partial charge in [0.15, 0.2) is 0 Å². The number of nitrogens with one attached hydrogen (secondary N) is 2. The molecule has 18 heavy (non-hydrogen) atoms. The zero-order valence-electron chi connectivity index (χ0n) is 10.5. The van der Waals surface area contributed by atoms with Crippen molar-refractivity contribution >= 4 is 11.6 Å². The van der Waals surface area contributed by atoms with E-state index in [0.717, 1.165) is 38.3 Å². The van der Waals surface area contributed by atoms with Crippen LogP contribution in [0.1, 0.15) is 12.8 Å². The molecule has 0 aromatic heterocycles. The molecule has 0 bridgehead atoms. The minimum absolute atomic E-state index is 0.0466. The van der Waals surface area contributed by atoms with Gasteiger partial charge in [-0.1, -0.05) is 18.2 Å². The van der Waals surface area contributed by atoms with Crippen LogP contribution in [0.25, 0.3) is 0 Å². The van der Waals surface area contributed by atoms with Gasteiger partial charge in [0.05, 0.1) is 6.54 Å². The summed E-state index contributed by atoms with van der Waals surface area (Å²) in [5.74, 6) is 0.616. The number of carbonyl (C=O) groups excluding carboxylic acids is 1. The lowest BCUT2D eigenvalue weighted by Gasteiger charge is -2.22. The number of amides is 1. The van der Waals surface area contributed by atoms with E-state index in [1.54, 1.807) is 0 Å². The maximum absolute atomic E-state index is 11.7. The Balaban J connectivity index is 1.63. The number of anilines is 1. The van der Waals surface area contributed by atoms with E-state index >= 15 is 0 Å². The lowest BCUT2D eigenvalue weighted by molar-refractivity contribution is -0.119. The summed E-state index contributed by atoms with van der Waals surface area (Å²) >= 11 is 0. The van der Waals surface area contributed by atoms with Crippen LogP contribution in [0, 0.1) is 5.92 Å². The predicted octanol–water partition coefficient (Wildman–Crippen LogP) is 1.64. The topological polar surface area (TPSA) is 50.4 Å². The van der Waals surface area contributed by atoms with Crippen LogP contribution in [0.5, 0.6) is 0 Å². The largest absolute Gasteiger partial charge is 0.381 e. The van der Waals surface area contributed by atoms with Crippen molar-refractivity contribution < 1.29 is 9.53 Å². The van der Waals surface area contributed by atoms with E-state index in [2.05, 4.69) is 10.6 Å². The number of rotatable bonds is 5. The molecule has 0 atom stereocenters. The summed E-state index contributed by atoms with van der Waals surface area (Å²) in [5.41, 5.74) is 0.971. The molecule has 4 heteroatoms. The third-order valence-electron chi connectivity index (χ3n) is 3.16. The fraction of sp³-hybridized carbons (Fsp3) is 0.500. The number of benzene rings is 1. The van der Waals surface area contributed by atoms with Crippen LogP contribution in [0.3, 0.4) is 0 Å². The smallest absolute Gasteiger partial charge is 0.239 e. The molecule has 0 saturated carbocycles. The van der Waals surface area contributed by atoms with E-state index in [1.807, 2.05) is 30.3 Å². The van der Waals surface area contributed by atoms with Crippen molar-refractivity contribution in [3.05, 3.63) is 30.3 Å². The van der Waals surface area contributed by atoms with Gasteiger partial charge in [-0.3, -0.25) is 4.79 Å². The van der Waals surface area contributed by atoms with E-state index in [1.165, 1.54) is 0 Å². The average molecular weight is 248 g/mol. The van der Waals surface area contributed by atoms with E-state index in [4.69, 9.17) is 4.74 Å². The van der Waals surface area contributed by atoms with Gasteiger partial charge in [0, 0.05) is 25.4 Å². The standard InChI is InChI=1S/C14H20N2O2/c17-14(11-15-13-4-2-1-3-5-13)16-10-12-6-8-18-9-7-12/h1-5,12,15H,6-11H2,(H,16,17). The molecule has 1 aromatic carbocycles. The first-order valence-corrected chi connectivity index (χ1v) is 6.48. The molecule has 1 aliphatic heterocycles. The van der Waals surface area contributed by atoms with Crippen LogP contribution in [0.2, 0.25) is 0 Å². The lowest BCUT2D eigenvalue weighted by atomic mass is 10.0. The average Bonchev–Trinajstić information content (AvgIpc) is 2.45. The molecule has 2 N–H and O–H groups in total. The lowest BCUT2D eigenvalue weighted by Crippen LogP contribution is -2.35. The van der Waals surface area contributed by atoms with Gasteiger partial charge in [0.1, 0.15) is 0 Å². The molecule has 98 valence electrons. The van der Waals surface area contributed by atoms with Crippen LogP contribution in [-0.2, 0) is 9.53 Å². The molecule has 2 rings (SSSR count). The normalized spacial score (nSPS) is 16.2. The molecule has 4 nitrogen and oxygen atoms in total. The van der Waals surface area contributed by atoms with Crippen molar-refractivity contribution in [1.82, 2.24) is 5.32 Å². The van der Waals surface area contributed by atoms with E-state index in [0.29, 0.717) is 12.5 Å². The van der Waals surface area contributed by atoms with Crippen molar-refractivity contribution in [2.45, 2.75) is 12.8 Å². The maximum Gasteiger partial charge on any atom is 0.239 e. The Hall–Kier alpha value is -1.55. The monoisotopic (exact) mass is 248 g/mol. The number of ether oxygens (including phenoxy) is 1. The van der Waals surface area contributed by atoms with Crippen molar-refractivity contribution in [3.8, 4) is 0 Å². The Morgan fingerprint density at radius 3 is 2.67 bits per heavy atom. The molecule has 1 aromatic rings. The van der Waals surface area contributed by atoms with Crippen molar-refractivity contribution in [2.75, 3.05) is 31.6 Å². The Morgan fingerprint density at radius 1 is 1.22 bits per heavy atom. The van der Waals surface area contributed by atoms with Crippen molar-refractivity contribution in [3.63, 3.8) is 0 Å². The summed E-state index contributed by atoms with van der Waals surface area (Å²) in [4.78, 5) is 11.7. The van der Waals surface area contributed by atoms with Gasteiger partial charge < -0.3 is 15.4 Å². The van der Waals surface area contributed by atoms with Gasteiger partial charge in [-0.25, -0.2) is 0 Å². The minimum Gasteiger partial charge on any atom is -0.381 e. The summed E-state index contributed by atoms with van der Waals surface area (Å²) in [6, 6.07) is 9.75. The minimum atomic E-state index is 0.0466. The molecule has 0 radical (unpaired) electrons. The quantitative estimate of drug-likeness (QED) is 0.833. The first-order chi connectivity index (χ1) is 8.84. The fourth-order valence-corrected chi connectivity index (χ4v) is 2.01. The second-order valence-electron chi connectivity index (χ2n) is 4.58. The maximum atomic E-state index is 11.7. The molecule has 0 unspecified atom stereocenters. The Morgan fingerprint density at radius 2 is 1.94 bits per heavy atom. The molecule has 1 heterocycles. The highest BCUT2D eigenvalue weighted by Gasteiger charge is 2.14. The first-order valence-electron chi connectivity index (χ1n) is 6.48. The summed E-state index contributed by atoms with van der Waals surface area (Å²) in [6.07, 6.45) is 2.10. The van der Waals surface area contributed by atoms with Crippen LogP contribution in [-0.4, -0.2) is 32.2 Å². The molecule has 1 amide bonds. The highest BCUT2D eigenvalue weighted by Crippen LogP contribution is 2.13. The molecule has 1 aliphatic rings. The molecular formula is C14H20N2O2. The number of para-hydroxylation sites is 1. The van der Waals surface area contributed by atoms with Crippen LogP contribution >= 0.6 is 0 Å². The third kappa shape index (κ3) is 4.37. The number of hydrogen-bond donors (Lipinski definition) is 2. The van der Waals surface area contributed by atoms with E-state index in [-0.39, 0.29) is 5.91 Å². The predicted molar refractivity (Wildman–Crippen MR) is 71.5 cm³/mol. The summed E-state index contributed by atoms with van der Waals surface area (Å²) < 4.78 is 5.29. The zero-order valence-corrected chi connectivity index (χ0v) is 10.5. The van der Waals surface area contributed by atoms with Gasteiger partial charge in [0.2, 0.25) is 5.91 Å². The second-order valence-corrected chi connectivity index (χ2v) is 4.58. The van der Waals surface area contributed by atoms with Crippen LogP contribution in [0.15, 0.2) is 30.3 Å². The summed E-state index contributed by atoms with van der Waals surface area (Å²) in [5, 5.41) is 6.06. The Labute approximate surface area is 108 Å². The van der Waals surface area contributed by atoms with E-state index < -0.39 is 0 Å². The molecule has 1 saturated heterocycles. The van der Waals surface area contributed by atoms with Gasteiger partial charge in [0.25, 0.3) is 0 Å². The molecule has 1 fully saturated rings. The van der Waals surface area contributed by atoms with Gasteiger partial charge in [-0.15, -0.1) is 0 Å². The van der Waals surface area contributed by atoms with Gasteiger partial charge in [-0.05, 0) is 30.9 Å². The zero-order chi connectivity index (χ0) is 12.6. The van der Waals surface area contributed by atoms with Crippen LogP contribution < -0.4 is 10.6 Å². The highest BCUT2D eigenvalue weighted by molar-refractivity contribution is 5.80. The second kappa shape index (κ2) is 7.01. The fourth-order valence-electron chi connectivity index (χ4n) is 2.01. The number of carbonyl (C=O) groups is 1. The van der Waals surface area contributed by atoms with Gasteiger partial charge in [-0.2, -0.15) is 0 Å². The Bertz CT molecular complexity index is 361. The first kappa shape index (κ1) is 12.9. The summed E-state index contributed by atoms with van der Waals surface area (Å²) in [6.45, 7) is 2.73. The molecule has 0 aliphatic carbocycles. The molecular weight excluding hydrogens is 228 g/mol. The SMILES string of the molecule is O=C(CNc1ccccc1)NCC1CCOCC1. The van der Waals surface area contributed by atoms with E-state index in [9.17, 15) is 4.79 Å². The van der Waals surface area contributed by atoms with Crippen molar-refractivity contribution in [1.29, 1.82) is 0 Å². The highest BCUT2D eigenvalue weighted by atomic mass is 16.5.